The van der Waals surface area contributed by atoms with Crippen molar-refractivity contribution in [2.45, 2.75) is 32.1 Å². The van der Waals surface area contributed by atoms with E-state index >= 15 is 0 Å². The van der Waals surface area contributed by atoms with Crippen molar-refractivity contribution in [3.8, 4) is 0 Å². The number of rotatable bonds is 4. The molecular formula is C13H15FN2O3. The van der Waals surface area contributed by atoms with Gasteiger partial charge in [-0.1, -0.05) is 12.8 Å². The van der Waals surface area contributed by atoms with Crippen LogP contribution in [0.1, 0.15) is 32.1 Å². The van der Waals surface area contributed by atoms with Gasteiger partial charge in [-0.25, -0.2) is 0 Å². The summed E-state index contributed by atoms with van der Waals surface area (Å²) in [5, 5.41) is 13.2. The van der Waals surface area contributed by atoms with Gasteiger partial charge in [-0.15, -0.1) is 0 Å². The lowest BCUT2D eigenvalue weighted by Gasteiger charge is -2.09. The lowest BCUT2D eigenvalue weighted by molar-refractivity contribution is -0.387. The van der Waals surface area contributed by atoms with Crippen molar-refractivity contribution in [3.05, 3.63) is 34.1 Å². The molecule has 102 valence electrons. The second kappa shape index (κ2) is 5.77. The molecule has 19 heavy (non-hydrogen) atoms. The smallest absolute Gasteiger partial charge is 0.306 e. The van der Waals surface area contributed by atoms with Gasteiger partial charge < -0.3 is 5.32 Å². The van der Waals surface area contributed by atoms with Crippen LogP contribution in [0.2, 0.25) is 0 Å². The van der Waals surface area contributed by atoms with Crippen LogP contribution in [0.4, 0.5) is 15.8 Å². The third kappa shape index (κ3) is 3.49. The summed E-state index contributed by atoms with van der Waals surface area (Å²) in [7, 11) is 0. The standard InChI is InChI=1S/C13H15FN2O3/c14-11-6-5-10(8-12(11)16(18)19)15-13(17)7-9-3-1-2-4-9/h5-6,8-9H,1-4,7H2,(H,15,17). The Balaban J connectivity index is 2.00. The van der Waals surface area contributed by atoms with E-state index in [0.29, 0.717) is 12.3 Å². The lowest BCUT2D eigenvalue weighted by atomic mass is 10.0. The predicted molar refractivity (Wildman–Crippen MR) is 68.3 cm³/mol. The van der Waals surface area contributed by atoms with Crippen LogP contribution in [0.5, 0.6) is 0 Å². The van der Waals surface area contributed by atoms with Crippen LogP contribution in [0.3, 0.4) is 0 Å². The average Bonchev–Trinajstić information content (AvgIpc) is 2.84. The summed E-state index contributed by atoms with van der Waals surface area (Å²) in [6.45, 7) is 0. The van der Waals surface area contributed by atoms with Crippen LogP contribution in [-0.2, 0) is 4.79 Å². The van der Waals surface area contributed by atoms with Gasteiger partial charge in [-0.3, -0.25) is 14.9 Å². The van der Waals surface area contributed by atoms with Crippen molar-refractivity contribution in [1.29, 1.82) is 0 Å². The SMILES string of the molecule is O=C(CC1CCCC1)Nc1ccc(F)c([N+](=O)[O-])c1. The molecule has 0 bridgehead atoms. The highest BCUT2D eigenvalue weighted by atomic mass is 19.1. The summed E-state index contributed by atoms with van der Waals surface area (Å²) in [5.41, 5.74) is -0.366. The van der Waals surface area contributed by atoms with Crippen LogP contribution in [-0.4, -0.2) is 10.8 Å². The average molecular weight is 266 g/mol. The van der Waals surface area contributed by atoms with Crippen molar-refractivity contribution in [3.63, 3.8) is 0 Å². The number of benzene rings is 1. The zero-order valence-electron chi connectivity index (χ0n) is 10.4. The number of nitro groups is 1. The minimum atomic E-state index is -0.904. The van der Waals surface area contributed by atoms with E-state index in [1.807, 2.05) is 0 Å². The first-order valence-electron chi connectivity index (χ1n) is 6.30. The number of nitro benzene ring substituents is 1. The van der Waals surface area contributed by atoms with Gasteiger partial charge in [0, 0.05) is 18.2 Å². The van der Waals surface area contributed by atoms with Gasteiger partial charge in [-0.05, 0) is 30.9 Å². The molecule has 1 fully saturated rings. The third-order valence-corrected chi connectivity index (χ3v) is 3.38. The number of hydrogen-bond donors (Lipinski definition) is 1. The summed E-state index contributed by atoms with van der Waals surface area (Å²) in [5.74, 6) is -0.679. The summed E-state index contributed by atoms with van der Waals surface area (Å²) in [6.07, 6.45) is 4.83. The second-order valence-corrected chi connectivity index (χ2v) is 4.83. The molecule has 1 aliphatic rings. The highest BCUT2D eigenvalue weighted by Crippen LogP contribution is 2.28. The molecule has 0 spiro atoms. The number of amides is 1. The largest absolute Gasteiger partial charge is 0.326 e. The number of nitrogens with one attached hydrogen (secondary N) is 1. The van der Waals surface area contributed by atoms with Gasteiger partial charge in [0.05, 0.1) is 4.92 Å². The van der Waals surface area contributed by atoms with Gasteiger partial charge in [0.2, 0.25) is 11.7 Å². The molecule has 0 heterocycles. The Bertz CT molecular complexity index is 499. The molecule has 0 atom stereocenters. The van der Waals surface area contributed by atoms with Crippen LogP contribution in [0.25, 0.3) is 0 Å². The molecule has 0 aliphatic heterocycles. The summed E-state index contributed by atoms with van der Waals surface area (Å²) in [6, 6.07) is 3.36. The van der Waals surface area contributed by atoms with Gasteiger partial charge in [0.1, 0.15) is 0 Å². The Morgan fingerprint density at radius 1 is 1.42 bits per heavy atom. The van der Waals surface area contributed by atoms with E-state index in [1.54, 1.807) is 0 Å². The topological polar surface area (TPSA) is 72.2 Å². The highest BCUT2D eigenvalue weighted by Gasteiger charge is 2.19. The molecule has 1 aromatic carbocycles. The van der Waals surface area contributed by atoms with Crippen molar-refractivity contribution >= 4 is 17.3 Å². The van der Waals surface area contributed by atoms with E-state index in [1.165, 1.54) is 6.07 Å². The number of carbonyl (C=O) groups is 1. The maximum atomic E-state index is 13.1. The number of nitrogens with zero attached hydrogens (tertiary/aromatic N) is 1. The molecule has 5 nitrogen and oxygen atoms in total. The molecule has 1 aliphatic carbocycles. The Morgan fingerprint density at radius 3 is 2.74 bits per heavy atom. The zero-order chi connectivity index (χ0) is 13.8. The van der Waals surface area contributed by atoms with E-state index in [4.69, 9.17) is 0 Å². The van der Waals surface area contributed by atoms with Crippen LogP contribution >= 0.6 is 0 Å². The number of carbonyl (C=O) groups excluding carboxylic acids is 1. The maximum Gasteiger partial charge on any atom is 0.306 e. The Morgan fingerprint density at radius 2 is 2.11 bits per heavy atom. The fourth-order valence-electron chi connectivity index (χ4n) is 2.42. The molecule has 1 aromatic rings. The first-order valence-corrected chi connectivity index (χ1v) is 6.30. The zero-order valence-corrected chi connectivity index (χ0v) is 10.4. The quantitative estimate of drug-likeness (QED) is 0.671. The molecule has 0 radical (unpaired) electrons. The Kier molecular flexibility index (Phi) is 4.09. The molecule has 1 amide bonds. The number of halogens is 1. The molecule has 2 rings (SSSR count). The Labute approximate surface area is 110 Å². The van der Waals surface area contributed by atoms with Crippen LogP contribution in [0.15, 0.2) is 18.2 Å². The second-order valence-electron chi connectivity index (χ2n) is 4.83. The predicted octanol–water partition coefficient (Wildman–Crippen LogP) is 3.25. The first kappa shape index (κ1) is 13.5. The van der Waals surface area contributed by atoms with E-state index < -0.39 is 16.4 Å². The molecular weight excluding hydrogens is 251 g/mol. The monoisotopic (exact) mass is 266 g/mol. The Hall–Kier alpha value is -1.98. The first-order chi connectivity index (χ1) is 9.06. The normalized spacial score (nSPS) is 15.4. The van der Waals surface area contributed by atoms with Crippen LogP contribution in [0, 0.1) is 21.8 Å². The van der Waals surface area contributed by atoms with E-state index in [-0.39, 0.29) is 11.6 Å². The van der Waals surface area contributed by atoms with Gasteiger partial charge in [-0.2, -0.15) is 4.39 Å². The van der Waals surface area contributed by atoms with Crippen molar-refractivity contribution in [2.75, 3.05) is 5.32 Å². The molecule has 1 saturated carbocycles. The third-order valence-electron chi connectivity index (χ3n) is 3.38. The van der Waals surface area contributed by atoms with E-state index in [9.17, 15) is 19.3 Å². The summed E-state index contributed by atoms with van der Waals surface area (Å²) in [4.78, 5) is 21.5. The minimum absolute atomic E-state index is 0.173. The van der Waals surface area contributed by atoms with Crippen molar-refractivity contribution in [2.24, 2.45) is 5.92 Å². The molecule has 0 saturated heterocycles. The fourth-order valence-corrected chi connectivity index (χ4v) is 2.42. The lowest BCUT2D eigenvalue weighted by Crippen LogP contribution is -2.15. The molecule has 1 N–H and O–H groups in total. The van der Waals surface area contributed by atoms with E-state index in [0.717, 1.165) is 37.8 Å². The van der Waals surface area contributed by atoms with E-state index in [2.05, 4.69) is 5.32 Å². The van der Waals surface area contributed by atoms with Crippen molar-refractivity contribution in [1.82, 2.24) is 0 Å². The van der Waals surface area contributed by atoms with Crippen LogP contribution < -0.4 is 5.32 Å². The van der Waals surface area contributed by atoms with Crippen molar-refractivity contribution < 1.29 is 14.1 Å². The van der Waals surface area contributed by atoms with Gasteiger partial charge in [0.25, 0.3) is 0 Å². The number of hydrogen-bond acceptors (Lipinski definition) is 3. The minimum Gasteiger partial charge on any atom is -0.326 e. The summed E-state index contributed by atoms with van der Waals surface area (Å²) >= 11 is 0. The molecule has 0 unspecified atom stereocenters. The highest BCUT2D eigenvalue weighted by molar-refractivity contribution is 5.91. The molecule has 0 aromatic heterocycles. The van der Waals surface area contributed by atoms with Gasteiger partial charge >= 0.3 is 5.69 Å². The number of anilines is 1. The molecule has 6 heteroatoms. The fraction of sp³-hybridized carbons (Fsp3) is 0.462. The maximum absolute atomic E-state index is 13.1. The summed E-state index contributed by atoms with van der Waals surface area (Å²) < 4.78 is 13.1. The van der Waals surface area contributed by atoms with Gasteiger partial charge in [0.15, 0.2) is 0 Å².